The minimum Gasteiger partial charge on any atom is -0.481 e. The maximum atomic E-state index is 10.7. The number of carboxylic acid groups (broad SMARTS) is 1. The molecule has 1 aliphatic carbocycles. The molecule has 1 aliphatic rings. The highest BCUT2D eigenvalue weighted by atomic mass is 32.2. The Morgan fingerprint density at radius 1 is 1.53 bits per heavy atom. The summed E-state index contributed by atoms with van der Waals surface area (Å²) in [6, 6.07) is 0.415. The molecule has 0 radical (unpaired) electrons. The smallest absolute Gasteiger partial charge is 0.313 e. The fraction of sp³-hybridized carbons (Fsp3) is 0.714. The zero-order valence-corrected chi connectivity index (χ0v) is 12.4. The number of aliphatic carboxylic acids is 1. The standard InChI is InChI=1S/C14H22N2O2S/c1-10-8-16(14(15-10)19-9-13(17)18)11(2)12-6-4-3-5-7-12/h8,11-12H,3-7,9H2,1-2H3,(H,17,18). The quantitative estimate of drug-likeness (QED) is 0.840. The maximum absolute atomic E-state index is 10.7. The fourth-order valence-corrected chi connectivity index (χ4v) is 3.69. The average molecular weight is 282 g/mol. The molecule has 1 saturated carbocycles. The van der Waals surface area contributed by atoms with Gasteiger partial charge in [-0.25, -0.2) is 4.98 Å². The summed E-state index contributed by atoms with van der Waals surface area (Å²) in [5.74, 6) is -0.0116. The molecule has 19 heavy (non-hydrogen) atoms. The zero-order chi connectivity index (χ0) is 13.8. The van der Waals surface area contributed by atoms with E-state index in [0.29, 0.717) is 12.0 Å². The molecule has 1 atom stereocenters. The van der Waals surface area contributed by atoms with E-state index in [4.69, 9.17) is 5.11 Å². The highest BCUT2D eigenvalue weighted by Gasteiger charge is 2.23. The van der Waals surface area contributed by atoms with Gasteiger partial charge in [-0.1, -0.05) is 31.0 Å². The third-order valence-electron chi connectivity index (χ3n) is 3.91. The van der Waals surface area contributed by atoms with Gasteiger partial charge in [-0.2, -0.15) is 0 Å². The minimum absolute atomic E-state index is 0.0772. The first kappa shape index (κ1) is 14.4. The third-order valence-corrected chi connectivity index (χ3v) is 4.87. The summed E-state index contributed by atoms with van der Waals surface area (Å²) in [4.78, 5) is 15.2. The number of rotatable bonds is 5. The molecule has 1 fully saturated rings. The lowest BCUT2D eigenvalue weighted by Gasteiger charge is -2.29. The van der Waals surface area contributed by atoms with Crippen molar-refractivity contribution in [2.24, 2.45) is 5.92 Å². The van der Waals surface area contributed by atoms with Crippen molar-refractivity contribution in [3.63, 3.8) is 0 Å². The van der Waals surface area contributed by atoms with Crippen molar-refractivity contribution in [1.82, 2.24) is 9.55 Å². The van der Waals surface area contributed by atoms with Crippen LogP contribution in [-0.2, 0) is 4.79 Å². The predicted molar refractivity (Wildman–Crippen MR) is 76.6 cm³/mol. The van der Waals surface area contributed by atoms with E-state index in [-0.39, 0.29) is 5.75 Å². The highest BCUT2D eigenvalue weighted by molar-refractivity contribution is 7.99. The molecule has 1 unspecified atom stereocenters. The Labute approximate surface area is 118 Å². The number of carboxylic acids is 1. The van der Waals surface area contributed by atoms with Crippen molar-refractivity contribution in [3.05, 3.63) is 11.9 Å². The number of carbonyl (C=O) groups is 1. The molecule has 0 aliphatic heterocycles. The summed E-state index contributed by atoms with van der Waals surface area (Å²) >= 11 is 1.32. The highest BCUT2D eigenvalue weighted by Crippen LogP contribution is 2.35. The van der Waals surface area contributed by atoms with Crippen LogP contribution in [0.4, 0.5) is 0 Å². The van der Waals surface area contributed by atoms with Gasteiger partial charge in [0.1, 0.15) is 0 Å². The van der Waals surface area contributed by atoms with E-state index in [1.54, 1.807) is 0 Å². The molecule has 4 nitrogen and oxygen atoms in total. The Bertz CT molecular complexity index is 439. The first-order chi connectivity index (χ1) is 9.08. The van der Waals surface area contributed by atoms with Gasteiger partial charge in [0.2, 0.25) is 0 Å². The normalized spacial score (nSPS) is 18.4. The van der Waals surface area contributed by atoms with Crippen LogP contribution in [0, 0.1) is 12.8 Å². The van der Waals surface area contributed by atoms with Crippen molar-refractivity contribution < 1.29 is 9.90 Å². The van der Waals surface area contributed by atoms with Gasteiger partial charge in [-0.15, -0.1) is 0 Å². The zero-order valence-electron chi connectivity index (χ0n) is 11.6. The van der Waals surface area contributed by atoms with Crippen LogP contribution in [0.15, 0.2) is 11.4 Å². The number of hydrogen-bond donors (Lipinski definition) is 1. The van der Waals surface area contributed by atoms with Crippen LogP contribution in [0.1, 0.15) is 50.8 Å². The van der Waals surface area contributed by atoms with Crippen molar-refractivity contribution in [1.29, 1.82) is 0 Å². The average Bonchev–Trinajstić information content (AvgIpc) is 2.78. The number of aromatic nitrogens is 2. The van der Waals surface area contributed by atoms with Crippen LogP contribution >= 0.6 is 11.8 Å². The molecular formula is C14H22N2O2S. The molecule has 1 heterocycles. The van der Waals surface area contributed by atoms with Gasteiger partial charge in [0.15, 0.2) is 5.16 Å². The van der Waals surface area contributed by atoms with Gasteiger partial charge in [-0.05, 0) is 32.6 Å². The number of hydrogen-bond acceptors (Lipinski definition) is 3. The molecule has 106 valence electrons. The van der Waals surface area contributed by atoms with Crippen molar-refractivity contribution >= 4 is 17.7 Å². The van der Waals surface area contributed by atoms with Crippen molar-refractivity contribution in [3.8, 4) is 0 Å². The Balaban J connectivity index is 2.10. The molecule has 2 rings (SSSR count). The SMILES string of the molecule is Cc1cn(C(C)C2CCCCC2)c(SCC(=O)O)n1. The van der Waals surface area contributed by atoms with Crippen LogP contribution in [-0.4, -0.2) is 26.4 Å². The number of aryl methyl sites for hydroxylation is 1. The van der Waals surface area contributed by atoms with Crippen LogP contribution in [0.25, 0.3) is 0 Å². The second-order valence-electron chi connectivity index (χ2n) is 5.39. The van der Waals surface area contributed by atoms with E-state index in [1.165, 1.54) is 43.9 Å². The first-order valence-electron chi connectivity index (χ1n) is 6.98. The van der Waals surface area contributed by atoms with E-state index < -0.39 is 5.97 Å². The molecular weight excluding hydrogens is 260 g/mol. The van der Waals surface area contributed by atoms with Gasteiger partial charge in [0.05, 0.1) is 11.4 Å². The monoisotopic (exact) mass is 282 g/mol. The summed E-state index contributed by atoms with van der Waals surface area (Å²) in [6.07, 6.45) is 8.61. The maximum Gasteiger partial charge on any atom is 0.313 e. The number of nitrogens with zero attached hydrogens (tertiary/aromatic N) is 2. The second-order valence-corrected chi connectivity index (χ2v) is 6.34. The van der Waals surface area contributed by atoms with Gasteiger partial charge in [0.25, 0.3) is 0 Å². The first-order valence-corrected chi connectivity index (χ1v) is 7.96. The fourth-order valence-electron chi connectivity index (χ4n) is 2.86. The number of imidazole rings is 1. The van der Waals surface area contributed by atoms with Crippen molar-refractivity contribution in [2.75, 3.05) is 5.75 Å². The van der Waals surface area contributed by atoms with E-state index >= 15 is 0 Å². The van der Waals surface area contributed by atoms with E-state index in [9.17, 15) is 4.79 Å². The molecule has 1 N–H and O–H groups in total. The van der Waals surface area contributed by atoms with Gasteiger partial charge < -0.3 is 9.67 Å². The van der Waals surface area contributed by atoms with E-state index in [1.807, 2.05) is 6.92 Å². The Morgan fingerprint density at radius 2 is 2.21 bits per heavy atom. The van der Waals surface area contributed by atoms with Crippen LogP contribution < -0.4 is 0 Å². The summed E-state index contributed by atoms with van der Waals surface area (Å²) < 4.78 is 2.18. The lowest BCUT2D eigenvalue weighted by atomic mass is 9.84. The summed E-state index contributed by atoms with van der Waals surface area (Å²) in [7, 11) is 0. The lowest BCUT2D eigenvalue weighted by molar-refractivity contribution is -0.133. The summed E-state index contributed by atoms with van der Waals surface area (Å²) in [5.41, 5.74) is 0.968. The van der Waals surface area contributed by atoms with Crippen LogP contribution in [0.5, 0.6) is 0 Å². The van der Waals surface area contributed by atoms with E-state index in [2.05, 4.69) is 22.7 Å². The van der Waals surface area contributed by atoms with Crippen LogP contribution in [0.2, 0.25) is 0 Å². The minimum atomic E-state index is -0.789. The van der Waals surface area contributed by atoms with Gasteiger partial charge in [-0.3, -0.25) is 4.79 Å². The molecule has 1 aromatic rings. The molecule has 0 saturated heterocycles. The molecule has 0 amide bonds. The Hall–Kier alpha value is -0.970. The largest absolute Gasteiger partial charge is 0.481 e. The topological polar surface area (TPSA) is 55.1 Å². The van der Waals surface area contributed by atoms with E-state index in [0.717, 1.165) is 10.9 Å². The Morgan fingerprint density at radius 3 is 2.84 bits per heavy atom. The molecule has 5 heteroatoms. The third kappa shape index (κ3) is 3.75. The molecule has 0 bridgehead atoms. The lowest BCUT2D eigenvalue weighted by Crippen LogP contribution is -2.19. The number of thioether (sulfide) groups is 1. The Kier molecular flexibility index (Phi) is 4.91. The van der Waals surface area contributed by atoms with Crippen LogP contribution in [0.3, 0.4) is 0 Å². The summed E-state index contributed by atoms with van der Waals surface area (Å²) in [6.45, 7) is 4.21. The van der Waals surface area contributed by atoms with Gasteiger partial charge >= 0.3 is 5.97 Å². The molecule has 0 spiro atoms. The second kappa shape index (κ2) is 6.46. The summed E-state index contributed by atoms with van der Waals surface area (Å²) in [5, 5.41) is 9.65. The van der Waals surface area contributed by atoms with Crippen molar-refractivity contribution in [2.45, 2.75) is 57.1 Å². The van der Waals surface area contributed by atoms with Gasteiger partial charge in [0, 0.05) is 12.2 Å². The molecule has 1 aromatic heterocycles. The predicted octanol–water partition coefficient (Wildman–Crippen LogP) is 3.51. The molecule has 0 aromatic carbocycles.